The molecule has 0 radical (unpaired) electrons. The van der Waals surface area contributed by atoms with Gasteiger partial charge in [-0.05, 0) is 138 Å². The molecule has 4 saturated carbocycles. The molecule has 0 aromatic heterocycles. The molecule has 168 valence electrons. The zero-order valence-electron chi connectivity index (χ0n) is 20.1. The van der Waals surface area contributed by atoms with Gasteiger partial charge >= 0.3 is 0 Å². The number of rotatable bonds is 4. The van der Waals surface area contributed by atoms with Gasteiger partial charge in [-0.15, -0.1) is 0 Å². The third kappa shape index (κ3) is 3.84. The zero-order valence-corrected chi connectivity index (χ0v) is 20.1. The van der Waals surface area contributed by atoms with Gasteiger partial charge in [0, 0.05) is 0 Å². The molecule has 2 heteroatoms. The maximum Gasteiger partial charge on any atom is 0.0622 e. The summed E-state index contributed by atoms with van der Waals surface area (Å²) >= 11 is 0. The molecule has 9 atom stereocenters. The van der Waals surface area contributed by atoms with E-state index in [1.54, 1.807) is 0 Å². The quantitative estimate of drug-likeness (QED) is 0.555. The summed E-state index contributed by atoms with van der Waals surface area (Å²) in [5.41, 5.74) is 0.0369. The fraction of sp³-hybridized carbons (Fsp3) is 1.00. The highest BCUT2D eigenvalue weighted by Gasteiger charge is 2.61. The maximum absolute atomic E-state index is 10.7. The molecule has 0 aliphatic heterocycles. The molecule has 4 rings (SSSR count). The van der Waals surface area contributed by atoms with E-state index in [-0.39, 0.29) is 0 Å². The van der Waals surface area contributed by atoms with Crippen LogP contribution in [0.1, 0.15) is 112 Å². The van der Waals surface area contributed by atoms with Crippen LogP contribution >= 0.6 is 0 Å². The van der Waals surface area contributed by atoms with Crippen LogP contribution in [0.15, 0.2) is 0 Å². The molecule has 29 heavy (non-hydrogen) atoms. The molecule has 0 aromatic carbocycles. The van der Waals surface area contributed by atoms with E-state index < -0.39 is 11.2 Å². The van der Waals surface area contributed by atoms with Crippen LogP contribution in [0.4, 0.5) is 0 Å². The highest BCUT2D eigenvalue weighted by molar-refractivity contribution is 5.10. The van der Waals surface area contributed by atoms with Crippen molar-refractivity contribution in [3.05, 3.63) is 0 Å². The number of hydrogen-bond acceptors (Lipinski definition) is 2. The Hall–Kier alpha value is -0.0800. The van der Waals surface area contributed by atoms with Crippen LogP contribution in [0.5, 0.6) is 0 Å². The number of fused-ring (bicyclic) bond motifs is 5. The Labute approximate surface area is 180 Å². The van der Waals surface area contributed by atoms with Crippen molar-refractivity contribution >= 4 is 0 Å². The molecule has 4 unspecified atom stereocenters. The molecule has 0 spiro atoms. The fourth-order valence-corrected chi connectivity index (χ4v) is 9.19. The van der Waals surface area contributed by atoms with Gasteiger partial charge in [-0.3, -0.25) is 0 Å². The van der Waals surface area contributed by atoms with Crippen LogP contribution < -0.4 is 0 Å². The summed E-state index contributed by atoms with van der Waals surface area (Å²) in [5.74, 6) is 5.03. The lowest BCUT2D eigenvalue weighted by atomic mass is 9.43. The van der Waals surface area contributed by atoms with Crippen LogP contribution in [0.25, 0.3) is 0 Å². The summed E-state index contributed by atoms with van der Waals surface area (Å²) in [6.07, 6.45) is 13.8. The molecule has 0 heterocycles. The fourth-order valence-electron chi connectivity index (χ4n) is 9.19. The molecule has 0 amide bonds. The van der Waals surface area contributed by atoms with Crippen LogP contribution in [0, 0.1) is 46.3 Å². The van der Waals surface area contributed by atoms with E-state index in [1.807, 2.05) is 13.8 Å². The molecule has 0 saturated heterocycles. The summed E-state index contributed by atoms with van der Waals surface area (Å²) in [6.45, 7) is 13.7. The Balaban J connectivity index is 1.49. The van der Waals surface area contributed by atoms with Crippen molar-refractivity contribution in [3.8, 4) is 0 Å². The summed E-state index contributed by atoms with van der Waals surface area (Å²) in [5, 5.41) is 20.9. The lowest BCUT2D eigenvalue weighted by molar-refractivity contribution is -0.148. The average molecular weight is 405 g/mol. The first-order valence-electron chi connectivity index (χ1n) is 12.8. The second-order valence-corrected chi connectivity index (χ2v) is 13.4. The van der Waals surface area contributed by atoms with Gasteiger partial charge in [0.25, 0.3) is 0 Å². The lowest BCUT2D eigenvalue weighted by Crippen LogP contribution is -2.55. The van der Waals surface area contributed by atoms with E-state index in [9.17, 15) is 10.2 Å². The van der Waals surface area contributed by atoms with Crippen LogP contribution in [0.2, 0.25) is 0 Å². The Morgan fingerprint density at radius 2 is 1.59 bits per heavy atom. The Morgan fingerprint density at radius 1 is 0.897 bits per heavy atom. The van der Waals surface area contributed by atoms with Gasteiger partial charge in [0.05, 0.1) is 11.2 Å². The second-order valence-electron chi connectivity index (χ2n) is 13.4. The molecule has 4 aliphatic carbocycles. The summed E-state index contributed by atoms with van der Waals surface area (Å²) in [7, 11) is 0. The van der Waals surface area contributed by atoms with Gasteiger partial charge in [-0.1, -0.05) is 20.8 Å². The minimum absolute atomic E-state index is 0.422. The third-order valence-corrected chi connectivity index (χ3v) is 10.9. The molecule has 0 aromatic rings. The van der Waals surface area contributed by atoms with Crippen LogP contribution in [-0.4, -0.2) is 21.4 Å². The van der Waals surface area contributed by atoms with Crippen molar-refractivity contribution in [1.82, 2.24) is 0 Å². The molecule has 2 N–H and O–H groups in total. The van der Waals surface area contributed by atoms with Gasteiger partial charge in [0.15, 0.2) is 0 Å². The van der Waals surface area contributed by atoms with E-state index in [1.165, 1.54) is 51.4 Å². The SMILES string of the molecule is C[C@H](CCC(C)(C)O)[C@H]1CCC2C3CC[C@@H]4C[C@](C)(O)CC[C@]4(C)C3CCC21C. The average Bonchev–Trinajstić information content (AvgIpc) is 2.97. The van der Waals surface area contributed by atoms with Gasteiger partial charge < -0.3 is 10.2 Å². The zero-order chi connectivity index (χ0) is 21.2. The van der Waals surface area contributed by atoms with E-state index in [4.69, 9.17) is 0 Å². The van der Waals surface area contributed by atoms with Crippen molar-refractivity contribution < 1.29 is 10.2 Å². The van der Waals surface area contributed by atoms with Crippen molar-refractivity contribution in [1.29, 1.82) is 0 Å². The third-order valence-electron chi connectivity index (χ3n) is 10.9. The summed E-state index contributed by atoms with van der Waals surface area (Å²) < 4.78 is 0. The van der Waals surface area contributed by atoms with Gasteiger partial charge in [-0.2, -0.15) is 0 Å². The summed E-state index contributed by atoms with van der Waals surface area (Å²) in [6, 6.07) is 0. The topological polar surface area (TPSA) is 40.5 Å². The van der Waals surface area contributed by atoms with E-state index >= 15 is 0 Å². The van der Waals surface area contributed by atoms with E-state index in [0.29, 0.717) is 10.8 Å². The lowest BCUT2D eigenvalue weighted by Gasteiger charge is -2.62. The summed E-state index contributed by atoms with van der Waals surface area (Å²) in [4.78, 5) is 0. The second kappa shape index (κ2) is 7.22. The van der Waals surface area contributed by atoms with Crippen molar-refractivity contribution in [2.45, 2.75) is 123 Å². The molecule has 4 aliphatic rings. The Bertz CT molecular complexity index is 604. The molecule has 2 nitrogen and oxygen atoms in total. The number of hydrogen-bond donors (Lipinski definition) is 2. The maximum atomic E-state index is 10.7. The molecular weight excluding hydrogens is 356 g/mol. The van der Waals surface area contributed by atoms with Gasteiger partial charge in [0.2, 0.25) is 0 Å². The van der Waals surface area contributed by atoms with E-state index in [2.05, 4.69) is 27.7 Å². The monoisotopic (exact) mass is 404 g/mol. The Morgan fingerprint density at radius 3 is 2.28 bits per heavy atom. The van der Waals surface area contributed by atoms with Crippen molar-refractivity contribution in [2.75, 3.05) is 0 Å². The van der Waals surface area contributed by atoms with Gasteiger partial charge in [-0.25, -0.2) is 0 Å². The standard InChI is InChI=1S/C27H48O2/c1-18(11-13-24(2,3)28)21-9-10-22-20-8-7-19-17-25(4,29)15-16-26(19,5)23(20)12-14-27(21,22)6/h18-23,28-29H,7-17H2,1-6H3/t18-,19-,20?,21-,22?,23?,25-,26+,27?/m1/s1. The van der Waals surface area contributed by atoms with Crippen LogP contribution in [0.3, 0.4) is 0 Å². The minimum Gasteiger partial charge on any atom is -0.390 e. The minimum atomic E-state index is -0.528. The highest BCUT2D eigenvalue weighted by atomic mass is 16.3. The van der Waals surface area contributed by atoms with Crippen molar-refractivity contribution in [3.63, 3.8) is 0 Å². The van der Waals surface area contributed by atoms with Crippen LogP contribution in [-0.2, 0) is 0 Å². The van der Waals surface area contributed by atoms with E-state index in [0.717, 1.165) is 54.8 Å². The first kappa shape index (κ1) is 22.1. The highest BCUT2D eigenvalue weighted by Crippen LogP contribution is 2.68. The Kier molecular flexibility index (Phi) is 5.51. The molecule has 0 bridgehead atoms. The largest absolute Gasteiger partial charge is 0.390 e. The number of aliphatic hydroxyl groups is 2. The molecule has 4 fully saturated rings. The smallest absolute Gasteiger partial charge is 0.0622 e. The molecular formula is C27H48O2. The first-order chi connectivity index (χ1) is 13.4. The predicted octanol–water partition coefficient (Wildman–Crippen LogP) is 6.58. The predicted molar refractivity (Wildman–Crippen MR) is 121 cm³/mol. The van der Waals surface area contributed by atoms with Gasteiger partial charge in [0.1, 0.15) is 0 Å². The normalized spacial score (nSPS) is 51.1. The van der Waals surface area contributed by atoms with Crippen molar-refractivity contribution in [2.24, 2.45) is 46.3 Å². The first-order valence-corrected chi connectivity index (χ1v) is 12.8.